The van der Waals surface area contributed by atoms with E-state index < -0.39 is 5.97 Å². The van der Waals surface area contributed by atoms with Crippen molar-refractivity contribution in [2.75, 3.05) is 0 Å². The number of carboxylic acid groups (broad SMARTS) is 1. The molecule has 30 heavy (non-hydrogen) atoms. The van der Waals surface area contributed by atoms with Crippen LogP contribution in [0.3, 0.4) is 0 Å². The highest BCUT2D eigenvalue weighted by atomic mass is 32.1. The van der Waals surface area contributed by atoms with Crippen molar-refractivity contribution in [1.29, 1.82) is 5.26 Å². The van der Waals surface area contributed by atoms with Crippen molar-refractivity contribution in [3.05, 3.63) is 59.7 Å². The van der Waals surface area contributed by atoms with Gasteiger partial charge in [-0.05, 0) is 59.8 Å². The van der Waals surface area contributed by atoms with Crippen molar-refractivity contribution in [1.82, 2.24) is 0 Å². The third kappa shape index (κ3) is 6.37. The molecule has 160 valence electrons. The second-order valence-electron chi connectivity index (χ2n) is 8.41. The van der Waals surface area contributed by atoms with Crippen molar-refractivity contribution in [3.63, 3.8) is 0 Å². The Balaban J connectivity index is 0.000000218. The molecule has 0 amide bonds. The molecule has 4 rings (SSSR count). The second-order valence-corrected chi connectivity index (χ2v) is 8.41. The average Bonchev–Trinajstić information content (AvgIpc) is 3.43. The summed E-state index contributed by atoms with van der Waals surface area (Å²) >= 11 is 0. The first-order valence-corrected chi connectivity index (χ1v) is 10.9. The van der Waals surface area contributed by atoms with Gasteiger partial charge in [0.15, 0.2) is 0 Å². The lowest BCUT2D eigenvalue weighted by Crippen LogP contribution is -2.08. The number of nitriles is 1. The second kappa shape index (κ2) is 11.8. The van der Waals surface area contributed by atoms with Crippen LogP contribution in [0.1, 0.15) is 57.4 Å². The van der Waals surface area contributed by atoms with Gasteiger partial charge >= 0.3 is 5.97 Å². The van der Waals surface area contributed by atoms with Gasteiger partial charge in [-0.1, -0.05) is 81.1 Å². The zero-order valence-electron chi connectivity index (χ0n) is 17.8. The third-order valence-electron chi connectivity index (χ3n) is 6.56. The first-order valence-electron chi connectivity index (χ1n) is 10.9. The van der Waals surface area contributed by atoms with Gasteiger partial charge in [-0.3, -0.25) is 0 Å². The SMILES string of the molecule is CCc1ccc2ccccc2c1.N#C/C(=C\C1CCC(C2CCCC2)C1)C(=O)O.S. The van der Waals surface area contributed by atoms with Crippen LogP contribution in [0.5, 0.6) is 0 Å². The lowest BCUT2D eigenvalue weighted by atomic mass is 9.88. The first-order chi connectivity index (χ1) is 14.1. The normalized spacial score (nSPS) is 21.4. The van der Waals surface area contributed by atoms with Crippen LogP contribution in [0, 0.1) is 29.1 Å². The summed E-state index contributed by atoms with van der Waals surface area (Å²) in [4.78, 5) is 10.8. The average molecular weight is 424 g/mol. The first kappa shape index (κ1) is 24.0. The fourth-order valence-corrected chi connectivity index (χ4v) is 4.91. The summed E-state index contributed by atoms with van der Waals surface area (Å²) in [6.45, 7) is 2.18. The summed E-state index contributed by atoms with van der Waals surface area (Å²) in [6, 6.07) is 16.9. The fraction of sp³-hybridized carbons (Fsp3) is 0.462. The highest BCUT2D eigenvalue weighted by Crippen LogP contribution is 2.43. The predicted molar refractivity (Wildman–Crippen MR) is 128 cm³/mol. The van der Waals surface area contributed by atoms with Gasteiger partial charge in [-0.2, -0.15) is 18.8 Å². The summed E-state index contributed by atoms with van der Waals surface area (Å²) in [5.41, 5.74) is 1.33. The summed E-state index contributed by atoms with van der Waals surface area (Å²) in [5, 5.41) is 20.2. The molecule has 2 unspecified atom stereocenters. The smallest absolute Gasteiger partial charge is 0.346 e. The largest absolute Gasteiger partial charge is 0.477 e. The van der Waals surface area contributed by atoms with Gasteiger partial charge in [0.2, 0.25) is 0 Å². The molecular weight excluding hydrogens is 390 g/mol. The molecule has 2 saturated carbocycles. The lowest BCUT2D eigenvalue weighted by Gasteiger charge is -2.17. The number of benzene rings is 2. The van der Waals surface area contributed by atoms with E-state index in [0.717, 1.165) is 31.1 Å². The van der Waals surface area contributed by atoms with Crippen molar-refractivity contribution in [2.24, 2.45) is 17.8 Å². The number of carboxylic acids is 1. The Hall–Kier alpha value is -2.25. The molecule has 0 radical (unpaired) electrons. The molecule has 2 aromatic carbocycles. The van der Waals surface area contributed by atoms with E-state index in [2.05, 4.69) is 49.4 Å². The van der Waals surface area contributed by atoms with E-state index in [-0.39, 0.29) is 19.1 Å². The summed E-state index contributed by atoms with van der Waals surface area (Å²) < 4.78 is 0. The van der Waals surface area contributed by atoms with Crippen molar-refractivity contribution in [2.45, 2.75) is 58.3 Å². The molecule has 0 saturated heterocycles. The fourth-order valence-electron chi connectivity index (χ4n) is 4.91. The number of rotatable bonds is 4. The quantitative estimate of drug-likeness (QED) is 0.443. The van der Waals surface area contributed by atoms with Gasteiger partial charge in [-0.25, -0.2) is 4.79 Å². The van der Waals surface area contributed by atoms with Crippen LogP contribution in [0.25, 0.3) is 10.8 Å². The molecule has 2 atom stereocenters. The Bertz CT molecular complexity index is 909. The minimum atomic E-state index is -1.09. The van der Waals surface area contributed by atoms with E-state index in [1.165, 1.54) is 48.4 Å². The van der Waals surface area contributed by atoms with Crippen LogP contribution >= 0.6 is 13.5 Å². The third-order valence-corrected chi connectivity index (χ3v) is 6.56. The summed E-state index contributed by atoms with van der Waals surface area (Å²) in [7, 11) is 0. The van der Waals surface area contributed by atoms with E-state index >= 15 is 0 Å². The monoisotopic (exact) mass is 423 g/mol. The number of aryl methyl sites for hydroxylation is 1. The van der Waals surface area contributed by atoms with Gasteiger partial charge in [0.1, 0.15) is 11.6 Å². The molecule has 1 N–H and O–H groups in total. The van der Waals surface area contributed by atoms with Gasteiger partial charge < -0.3 is 5.11 Å². The molecule has 2 aliphatic carbocycles. The molecule has 0 aliphatic heterocycles. The number of allylic oxidation sites excluding steroid dienone is 1. The highest BCUT2D eigenvalue weighted by molar-refractivity contribution is 7.59. The molecule has 2 aromatic rings. The van der Waals surface area contributed by atoms with Crippen LogP contribution in [0.15, 0.2) is 54.1 Å². The molecule has 0 aromatic heterocycles. The summed E-state index contributed by atoms with van der Waals surface area (Å²) in [6.07, 6.45) is 11.6. The number of carbonyl (C=O) groups is 1. The van der Waals surface area contributed by atoms with Crippen LogP contribution < -0.4 is 0 Å². The van der Waals surface area contributed by atoms with Crippen LogP contribution in [0.4, 0.5) is 0 Å². The predicted octanol–water partition coefficient (Wildman–Crippen LogP) is 6.64. The Morgan fingerprint density at radius 3 is 2.40 bits per heavy atom. The number of hydrogen-bond acceptors (Lipinski definition) is 2. The molecular formula is C26H33NO2S. The number of hydrogen-bond donors (Lipinski definition) is 1. The zero-order chi connectivity index (χ0) is 20.6. The number of aliphatic carboxylic acids is 1. The minimum Gasteiger partial charge on any atom is -0.477 e. The van der Waals surface area contributed by atoms with Crippen LogP contribution in [0.2, 0.25) is 0 Å². The number of nitrogens with zero attached hydrogens (tertiary/aromatic N) is 1. The van der Waals surface area contributed by atoms with Crippen molar-refractivity contribution >= 4 is 30.2 Å². The van der Waals surface area contributed by atoms with Crippen molar-refractivity contribution < 1.29 is 9.90 Å². The maximum atomic E-state index is 10.8. The van der Waals surface area contributed by atoms with E-state index in [9.17, 15) is 4.79 Å². The Labute approximate surface area is 187 Å². The van der Waals surface area contributed by atoms with Crippen LogP contribution in [-0.4, -0.2) is 11.1 Å². The molecule has 2 fully saturated rings. The maximum absolute atomic E-state index is 10.8. The molecule has 0 heterocycles. The van der Waals surface area contributed by atoms with E-state index in [1.54, 1.807) is 12.1 Å². The lowest BCUT2D eigenvalue weighted by molar-refractivity contribution is -0.132. The van der Waals surface area contributed by atoms with Gasteiger partial charge in [0, 0.05) is 0 Å². The summed E-state index contributed by atoms with van der Waals surface area (Å²) in [5.74, 6) is 0.861. The van der Waals surface area contributed by atoms with Gasteiger partial charge in [-0.15, -0.1) is 0 Å². The van der Waals surface area contributed by atoms with Gasteiger partial charge in [0.25, 0.3) is 0 Å². The molecule has 3 nitrogen and oxygen atoms in total. The highest BCUT2D eigenvalue weighted by Gasteiger charge is 2.31. The Morgan fingerprint density at radius 2 is 1.77 bits per heavy atom. The van der Waals surface area contributed by atoms with E-state index in [4.69, 9.17) is 10.4 Å². The topological polar surface area (TPSA) is 61.1 Å². The van der Waals surface area contributed by atoms with Crippen LogP contribution in [-0.2, 0) is 11.2 Å². The molecule has 0 spiro atoms. The van der Waals surface area contributed by atoms with Gasteiger partial charge in [0.05, 0.1) is 0 Å². The molecule has 0 bridgehead atoms. The Morgan fingerprint density at radius 1 is 1.07 bits per heavy atom. The standard InChI is InChI=1S/C14H19NO2.C12H12.H2S/c15-9-13(14(16)17)8-10-5-6-12(7-10)11-3-1-2-4-11;1-2-10-7-8-11-5-3-4-6-12(11)9-10;/h8,10-12H,1-7H2,(H,16,17);3-9H,2H2,1H3;1H2/b13-8+;;. The van der Waals surface area contributed by atoms with E-state index in [1.807, 2.05) is 0 Å². The van der Waals surface area contributed by atoms with Crippen molar-refractivity contribution in [3.8, 4) is 6.07 Å². The zero-order valence-corrected chi connectivity index (χ0v) is 18.8. The van der Waals surface area contributed by atoms with E-state index in [0.29, 0.717) is 5.92 Å². The maximum Gasteiger partial charge on any atom is 0.346 e. The number of fused-ring (bicyclic) bond motifs is 1. The Kier molecular flexibility index (Phi) is 9.46. The molecule has 4 heteroatoms. The minimum absolute atomic E-state index is 0. The molecule has 2 aliphatic rings.